The fraction of sp³-hybridized carbons (Fsp3) is 0.333. The summed E-state index contributed by atoms with van der Waals surface area (Å²) in [4.78, 5) is 15.1. The summed E-state index contributed by atoms with van der Waals surface area (Å²) in [5.41, 5.74) is 6.18. The highest BCUT2D eigenvalue weighted by atomic mass is 16.6. The Hall–Kier alpha value is -1.62. The van der Waals surface area contributed by atoms with Gasteiger partial charge >= 0.3 is 5.97 Å². The molecule has 1 aromatic heterocycles. The van der Waals surface area contributed by atoms with Gasteiger partial charge in [0.25, 0.3) is 0 Å². The average molecular weight is 196 g/mol. The fourth-order valence-corrected chi connectivity index (χ4v) is 0.888. The van der Waals surface area contributed by atoms with Gasteiger partial charge in [-0.05, 0) is 6.07 Å². The van der Waals surface area contributed by atoms with Crippen molar-refractivity contribution in [3.63, 3.8) is 0 Å². The Morgan fingerprint density at radius 2 is 2.36 bits per heavy atom. The van der Waals surface area contributed by atoms with Crippen LogP contribution in [0.1, 0.15) is 10.4 Å². The molecule has 0 unspecified atom stereocenters. The molecule has 5 heteroatoms. The number of rotatable bonds is 4. The summed E-state index contributed by atoms with van der Waals surface area (Å²) in [5, 5.41) is 0. The second kappa shape index (κ2) is 5.18. The SMILES string of the molecule is COCCOC(=O)c1ccncc1N. The van der Waals surface area contributed by atoms with Crippen molar-refractivity contribution in [2.45, 2.75) is 0 Å². The summed E-state index contributed by atoms with van der Waals surface area (Å²) < 4.78 is 9.62. The maximum absolute atomic E-state index is 11.4. The van der Waals surface area contributed by atoms with Gasteiger partial charge in [-0.1, -0.05) is 0 Å². The van der Waals surface area contributed by atoms with Crippen LogP contribution in [0.3, 0.4) is 0 Å². The number of nitrogens with zero attached hydrogens (tertiary/aromatic N) is 1. The number of nitrogen functional groups attached to an aromatic ring is 1. The van der Waals surface area contributed by atoms with Gasteiger partial charge in [0.2, 0.25) is 0 Å². The first kappa shape index (κ1) is 10.5. The highest BCUT2D eigenvalue weighted by Gasteiger charge is 2.09. The van der Waals surface area contributed by atoms with Crippen molar-refractivity contribution in [1.82, 2.24) is 4.98 Å². The number of esters is 1. The van der Waals surface area contributed by atoms with Gasteiger partial charge in [0.05, 0.1) is 24.1 Å². The summed E-state index contributed by atoms with van der Waals surface area (Å²) >= 11 is 0. The molecule has 0 saturated heterocycles. The molecule has 5 nitrogen and oxygen atoms in total. The van der Waals surface area contributed by atoms with E-state index in [1.807, 2.05) is 0 Å². The molecule has 0 fully saturated rings. The summed E-state index contributed by atoms with van der Waals surface area (Å²) in [6, 6.07) is 1.52. The summed E-state index contributed by atoms with van der Waals surface area (Å²) in [6.45, 7) is 0.591. The molecule has 1 rings (SSSR count). The third kappa shape index (κ3) is 2.70. The number of ether oxygens (including phenoxy) is 2. The quantitative estimate of drug-likeness (QED) is 0.559. The van der Waals surface area contributed by atoms with E-state index in [2.05, 4.69) is 4.98 Å². The molecule has 0 aliphatic carbocycles. The molecule has 76 valence electrons. The van der Waals surface area contributed by atoms with Crippen LogP contribution in [0.5, 0.6) is 0 Å². The molecule has 14 heavy (non-hydrogen) atoms. The average Bonchev–Trinajstić information content (AvgIpc) is 2.18. The van der Waals surface area contributed by atoms with Crippen LogP contribution < -0.4 is 5.73 Å². The molecule has 0 spiro atoms. The van der Waals surface area contributed by atoms with Crippen LogP contribution in [0.15, 0.2) is 18.5 Å². The summed E-state index contributed by atoms with van der Waals surface area (Å²) in [7, 11) is 1.54. The van der Waals surface area contributed by atoms with Gasteiger partial charge in [-0.3, -0.25) is 4.98 Å². The Balaban J connectivity index is 2.56. The molecule has 0 aromatic carbocycles. The standard InChI is InChI=1S/C9H12N2O3/c1-13-4-5-14-9(12)7-2-3-11-6-8(7)10/h2-3,6H,4-5,10H2,1H3. The Labute approximate surface area is 81.8 Å². The number of carbonyl (C=O) groups excluding carboxylic acids is 1. The molecular formula is C9H12N2O3. The second-order valence-corrected chi connectivity index (χ2v) is 2.59. The third-order valence-electron chi connectivity index (χ3n) is 1.59. The van der Waals surface area contributed by atoms with E-state index in [0.29, 0.717) is 17.9 Å². The number of aromatic nitrogens is 1. The second-order valence-electron chi connectivity index (χ2n) is 2.59. The van der Waals surface area contributed by atoms with Crippen LogP contribution in [0, 0.1) is 0 Å². The van der Waals surface area contributed by atoms with E-state index in [1.165, 1.54) is 25.6 Å². The molecule has 0 atom stereocenters. The van der Waals surface area contributed by atoms with Crippen LogP contribution in [-0.2, 0) is 9.47 Å². The lowest BCUT2D eigenvalue weighted by Gasteiger charge is -2.05. The zero-order chi connectivity index (χ0) is 10.4. The van der Waals surface area contributed by atoms with Crippen molar-refractivity contribution in [1.29, 1.82) is 0 Å². The number of pyridine rings is 1. The fourth-order valence-electron chi connectivity index (χ4n) is 0.888. The Kier molecular flexibility index (Phi) is 3.87. The van der Waals surface area contributed by atoms with Gasteiger partial charge in [0.1, 0.15) is 6.61 Å². The molecule has 2 N–H and O–H groups in total. The highest BCUT2D eigenvalue weighted by molar-refractivity contribution is 5.94. The number of anilines is 1. The monoisotopic (exact) mass is 196 g/mol. The zero-order valence-corrected chi connectivity index (χ0v) is 7.90. The summed E-state index contributed by atoms with van der Waals surface area (Å²) in [5.74, 6) is -0.457. The number of carbonyl (C=O) groups is 1. The van der Waals surface area contributed by atoms with E-state index in [4.69, 9.17) is 15.2 Å². The molecule has 0 aliphatic heterocycles. The van der Waals surface area contributed by atoms with E-state index >= 15 is 0 Å². The van der Waals surface area contributed by atoms with Gasteiger partial charge in [0, 0.05) is 13.3 Å². The van der Waals surface area contributed by atoms with Crippen LogP contribution in [-0.4, -0.2) is 31.3 Å². The Bertz CT molecular complexity index is 315. The Morgan fingerprint density at radius 1 is 1.57 bits per heavy atom. The van der Waals surface area contributed by atoms with E-state index in [-0.39, 0.29) is 6.61 Å². The topological polar surface area (TPSA) is 74.4 Å². The van der Waals surface area contributed by atoms with Crippen LogP contribution in [0.25, 0.3) is 0 Å². The predicted octanol–water partition coefficient (Wildman–Crippen LogP) is 0.467. The Morgan fingerprint density at radius 3 is 3.00 bits per heavy atom. The van der Waals surface area contributed by atoms with Crippen molar-refractivity contribution >= 4 is 11.7 Å². The van der Waals surface area contributed by atoms with Gasteiger partial charge in [-0.15, -0.1) is 0 Å². The minimum absolute atomic E-state index is 0.219. The summed E-state index contributed by atoms with van der Waals surface area (Å²) in [6.07, 6.45) is 2.90. The van der Waals surface area contributed by atoms with Gasteiger partial charge < -0.3 is 15.2 Å². The lowest BCUT2D eigenvalue weighted by Crippen LogP contribution is -2.11. The minimum atomic E-state index is -0.457. The maximum atomic E-state index is 11.4. The van der Waals surface area contributed by atoms with Crippen molar-refractivity contribution in [3.05, 3.63) is 24.0 Å². The molecule has 0 radical (unpaired) electrons. The predicted molar refractivity (Wildman–Crippen MR) is 50.8 cm³/mol. The maximum Gasteiger partial charge on any atom is 0.340 e. The van der Waals surface area contributed by atoms with E-state index in [9.17, 15) is 4.79 Å². The van der Waals surface area contributed by atoms with Crippen molar-refractivity contribution in [2.24, 2.45) is 0 Å². The lowest BCUT2D eigenvalue weighted by atomic mass is 10.2. The normalized spacial score (nSPS) is 9.79. The minimum Gasteiger partial charge on any atom is -0.460 e. The smallest absolute Gasteiger partial charge is 0.340 e. The van der Waals surface area contributed by atoms with Crippen LogP contribution in [0.4, 0.5) is 5.69 Å². The molecule has 0 bridgehead atoms. The van der Waals surface area contributed by atoms with Crippen LogP contribution >= 0.6 is 0 Å². The molecule has 1 heterocycles. The molecule has 1 aromatic rings. The van der Waals surface area contributed by atoms with Crippen molar-refractivity contribution < 1.29 is 14.3 Å². The first-order valence-electron chi connectivity index (χ1n) is 4.11. The molecule has 0 amide bonds. The number of hydrogen-bond donors (Lipinski definition) is 1. The number of nitrogens with two attached hydrogens (primary N) is 1. The lowest BCUT2D eigenvalue weighted by molar-refractivity contribution is 0.0389. The molecule has 0 aliphatic rings. The zero-order valence-electron chi connectivity index (χ0n) is 7.90. The largest absolute Gasteiger partial charge is 0.460 e. The number of methoxy groups -OCH3 is 1. The van der Waals surface area contributed by atoms with Crippen molar-refractivity contribution in [3.8, 4) is 0 Å². The van der Waals surface area contributed by atoms with Gasteiger partial charge in [0.15, 0.2) is 0 Å². The first-order chi connectivity index (χ1) is 6.75. The molecule has 0 saturated carbocycles. The van der Waals surface area contributed by atoms with Gasteiger partial charge in [-0.2, -0.15) is 0 Å². The first-order valence-corrected chi connectivity index (χ1v) is 4.11. The van der Waals surface area contributed by atoms with Crippen molar-refractivity contribution in [2.75, 3.05) is 26.1 Å². The number of hydrogen-bond acceptors (Lipinski definition) is 5. The molecular weight excluding hydrogens is 184 g/mol. The van der Waals surface area contributed by atoms with Gasteiger partial charge in [-0.25, -0.2) is 4.79 Å². The van der Waals surface area contributed by atoms with E-state index in [0.717, 1.165) is 0 Å². The highest BCUT2D eigenvalue weighted by Crippen LogP contribution is 2.09. The third-order valence-corrected chi connectivity index (χ3v) is 1.59. The van der Waals surface area contributed by atoms with Crippen LogP contribution in [0.2, 0.25) is 0 Å². The van der Waals surface area contributed by atoms with E-state index < -0.39 is 5.97 Å². The van der Waals surface area contributed by atoms with E-state index in [1.54, 1.807) is 0 Å².